The Morgan fingerprint density at radius 1 is 0.871 bits per heavy atom. The highest BCUT2D eigenvalue weighted by atomic mass is 31.2. The van der Waals surface area contributed by atoms with E-state index in [4.69, 9.17) is 13.9 Å². The number of aromatic nitrogens is 1. The number of carbonyl (C=O) groups is 1. The van der Waals surface area contributed by atoms with Gasteiger partial charge in [-0.25, -0.2) is 9.36 Å². The van der Waals surface area contributed by atoms with E-state index in [9.17, 15) is 19.6 Å². The van der Waals surface area contributed by atoms with Gasteiger partial charge in [-0.05, 0) is 30.2 Å². The van der Waals surface area contributed by atoms with Crippen LogP contribution >= 0.6 is 7.60 Å². The van der Waals surface area contributed by atoms with Crippen molar-refractivity contribution in [2.75, 3.05) is 0 Å². The minimum absolute atomic E-state index is 0.295. The molecule has 31 heavy (non-hydrogen) atoms. The second-order valence-corrected chi connectivity index (χ2v) is 8.91. The van der Waals surface area contributed by atoms with Gasteiger partial charge in [0, 0.05) is 12.1 Å². The molecule has 0 aliphatic rings. The first-order valence-electron chi connectivity index (χ1n) is 9.46. The van der Waals surface area contributed by atoms with E-state index in [-0.39, 0.29) is 0 Å². The van der Waals surface area contributed by atoms with Crippen molar-refractivity contribution in [3.8, 4) is 23.3 Å². The molecule has 0 aliphatic heterocycles. The smallest absolute Gasteiger partial charge is 0.453 e. The minimum atomic E-state index is -4.04. The molecule has 1 aromatic heterocycles. The summed E-state index contributed by atoms with van der Waals surface area (Å²) in [4.78, 5) is 17.4. The molecule has 0 radical (unpaired) electrons. The molecule has 3 rings (SSSR count). The standard InChI is InChI=1S/C21H23N2O7P/c1-15(2)20(22-21(26)28-23-18(24)13-14-19(23)25)31(27,29-16-9-5-3-6-10-16)30-17-11-7-4-8-12-17/h3-15,20,24-25H,1-2H3,(H,22,26). The fraction of sp³-hybridized carbons (Fsp3) is 0.190. The average Bonchev–Trinajstić information content (AvgIpc) is 3.05. The molecule has 3 aromatic rings. The van der Waals surface area contributed by atoms with Gasteiger partial charge >= 0.3 is 13.7 Å². The van der Waals surface area contributed by atoms with Crippen molar-refractivity contribution in [3.05, 3.63) is 72.8 Å². The van der Waals surface area contributed by atoms with Gasteiger partial charge in [-0.1, -0.05) is 50.2 Å². The van der Waals surface area contributed by atoms with E-state index in [1.807, 2.05) is 0 Å². The van der Waals surface area contributed by atoms with Crippen LogP contribution in [0.1, 0.15) is 13.8 Å². The number of amides is 1. The summed E-state index contributed by atoms with van der Waals surface area (Å²) in [5, 5.41) is 21.8. The summed E-state index contributed by atoms with van der Waals surface area (Å²) in [7, 11) is -4.04. The highest BCUT2D eigenvalue weighted by Crippen LogP contribution is 2.54. The molecule has 9 nitrogen and oxygen atoms in total. The monoisotopic (exact) mass is 446 g/mol. The first-order chi connectivity index (χ1) is 14.8. The van der Waals surface area contributed by atoms with E-state index in [2.05, 4.69) is 5.32 Å². The molecule has 0 saturated heterocycles. The zero-order chi connectivity index (χ0) is 22.4. The predicted octanol–water partition coefficient (Wildman–Crippen LogP) is 4.37. The van der Waals surface area contributed by atoms with Gasteiger partial charge in [0.2, 0.25) is 11.8 Å². The van der Waals surface area contributed by atoms with Crippen molar-refractivity contribution in [2.24, 2.45) is 5.92 Å². The van der Waals surface area contributed by atoms with Crippen LogP contribution in [0.25, 0.3) is 0 Å². The summed E-state index contributed by atoms with van der Waals surface area (Å²) in [5.74, 6) is -1.92. The highest BCUT2D eigenvalue weighted by molar-refractivity contribution is 7.55. The van der Waals surface area contributed by atoms with Gasteiger partial charge in [0.15, 0.2) is 5.78 Å². The van der Waals surface area contributed by atoms with Gasteiger partial charge in [0.25, 0.3) is 0 Å². The molecule has 164 valence electrons. The van der Waals surface area contributed by atoms with E-state index in [0.717, 1.165) is 12.1 Å². The van der Waals surface area contributed by atoms with E-state index >= 15 is 0 Å². The van der Waals surface area contributed by atoms with Crippen LogP contribution in [0.3, 0.4) is 0 Å². The molecular formula is C21H23N2O7P. The van der Waals surface area contributed by atoms with Crippen molar-refractivity contribution in [1.82, 2.24) is 10.0 Å². The van der Waals surface area contributed by atoms with E-state index in [0.29, 0.717) is 16.2 Å². The largest absolute Gasteiger partial charge is 0.492 e. The molecule has 3 N–H and O–H groups in total. The molecule has 1 heterocycles. The number of nitrogens with zero attached hydrogens (tertiary/aromatic N) is 1. The zero-order valence-corrected chi connectivity index (χ0v) is 17.8. The molecule has 0 aliphatic carbocycles. The third kappa shape index (κ3) is 5.52. The van der Waals surface area contributed by atoms with Gasteiger partial charge in [0.05, 0.1) is 0 Å². The maximum absolute atomic E-state index is 13.9. The summed E-state index contributed by atoms with van der Waals surface area (Å²) < 4.78 is 26.0. The number of rotatable bonds is 8. The van der Waals surface area contributed by atoms with Crippen molar-refractivity contribution in [3.63, 3.8) is 0 Å². The fourth-order valence-corrected chi connectivity index (χ4v) is 4.81. The fourth-order valence-electron chi connectivity index (χ4n) is 2.72. The van der Waals surface area contributed by atoms with Gasteiger partial charge in [0.1, 0.15) is 11.5 Å². The molecule has 10 heteroatoms. The topological polar surface area (TPSA) is 119 Å². The number of para-hydroxylation sites is 2. The molecule has 1 amide bonds. The number of carbonyl (C=O) groups excluding carboxylic acids is 1. The normalized spacial score (nSPS) is 12.2. The lowest BCUT2D eigenvalue weighted by molar-refractivity contribution is 0.105. The number of nitrogens with one attached hydrogen (secondary N) is 1. The lowest BCUT2D eigenvalue weighted by Crippen LogP contribution is -2.43. The molecule has 0 saturated carbocycles. The van der Waals surface area contributed by atoms with Gasteiger partial charge in [-0.2, -0.15) is 0 Å². The quantitative estimate of drug-likeness (QED) is 0.440. The Balaban J connectivity index is 1.89. The van der Waals surface area contributed by atoms with Crippen molar-refractivity contribution >= 4 is 13.7 Å². The van der Waals surface area contributed by atoms with Crippen LogP contribution in [0.4, 0.5) is 4.79 Å². The lowest BCUT2D eigenvalue weighted by Gasteiger charge is -2.30. The third-order valence-corrected chi connectivity index (χ3v) is 6.50. The molecule has 0 fully saturated rings. The summed E-state index contributed by atoms with van der Waals surface area (Å²) in [6.07, 6.45) is -1.07. The van der Waals surface area contributed by atoms with Crippen LogP contribution in [0.2, 0.25) is 0 Å². The maximum Gasteiger partial charge on any atom is 0.453 e. The van der Waals surface area contributed by atoms with Crippen LogP contribution in [0, 0.1) is 5.92 Å². The van der Waals surface area contributed by atoms with Gasteiger partial charge in [-0.3, -0.25) is 0 Å². The van der Waals surface area contributed by atoms with Crippen molar-refractivity contribution in [1.29, 1.82) is 0 Å². The van der Waals surface area contributed by atoms with Crippen LogP contribution in [-0.2, 0) is 4.57 Å². The first kappa shape index (κ1) is 22.1. The van der Waals surface area contributed by atoms with Crippen molar-refractivity contribution < 1.29 is 33.5 Å². The molecule has 1 unspecified atom stereocenters. The number of aromatic hydroxyl groups is 2. The number of hydrogen-bond acceptors (Lipinski definition) is 7. The predicted molar refractivity (Wildman–Crippen MR) is 113 cm³/mol. The average molecular weight is 446 g/mol. The molecular weight excluding hydrogens is 423 g/mol. The second kappa shape index (κ2) is 9.49. The van der Waals surface area contributed by atoms with Gasteiger partial charge in [-0.15, -0.1) is 4.73 Å². The van der Waals surface area contributed by atoms with E-state index in [1.54, 1.807) is 74.5 Å². The Kier molecular flexibility index (Phi) is 6.77. The number of hydrogen-bond donors (Lipinski definition) is 3. The van der Waals surface area contributed by atoms with Crippen molar-refractivity contribution in [2.45, 2.75) is 19.6 Å². The zero-order valence-electron chi connectivity index (χ0n) is 16.9. The van der Waals surface area contributed by atoms with E-state index < -0.39 is 37.1 Å². The van der Waals surface area contributed by atoms with Crippen LogP contribution in [0.5, 0.6) is 23.3 Å². The summed E-state index contributed by atoms with van der Waals surface area (Å²) in [6, 6.07) is 19.2. The molecule has 0 bridgehead atoms. The third-order valence-electron chi connectivity index (χ3n) is 4.16. The second-order valence-electron chi connectivity index (χ2n) is 6.90. The lowest BCUT2D eigenvalue weighted by atomic mass is 10.2. The van der Waals surface area contributed by atoms with Crippen LogP contribution in [-0.4, -0.2) is 26.8 Å². The summed E-state index contributed by atoms with van der Waals surface area (Å²) in [6.45, 7) is 3.45. The Labute approximate surface area is 179 Å². The molecule has 1 atom stereocenters. The SMILES string of the molecule is CC(C)C(NC(=O)On1c(O)ccc1O)P(=O)(Oc1ccccc1)Oc1ccccc1. The highest BCUT2D eigenvalue weighted by Gasteiger charge is 2.43. The van der Waals surface area contributed by atoms with Gasteiger partial charge < -0.3 is 29.4 Å². The Bertz CT molecular complexity index is 989. The molecule has 0 spiro atoms. The Morgan fingerprint density at radius 3 is 1.74 bits per heavy atom. The Morgan fingerprint density at radius 2 is 1.32 bits per heavy atom. The first-order valence-corrected chi connectivity index (χ1v) is 11.1. The minimum Gasteiger partial charge on any atom is -0.492 e. The number of benzene rings is 2. The summed E-state index contributed by atoms with van der Waals surface area (Å²) in [5.41, 5.74) is 0. The molecule has 2 aromatic carbocycles. The Hall–Kier alpha value is -3.58. The maximum atomic E-state index is 13.9. The van der Waals surface area contributed by atoms with Crippen LogP contribution < -0.4 is 19.2 Å². The summed E-state index contributed by atoms with van der Waals surface area (Å²) >= 11 is 0. The van der Waals surface area contributed by atoms with E-state index in [1.165, 1.54) is 0 Å². The van der Waals surface area contributed by atoms with Crippen LogP contribution in [0.15, 0.2) is 72.8 Å².